The van der Waals surface area contributed by atoms with Gasteiger partial charge in [0.05, 0.1) is 17.2 Å². The monoisotopic (exact) mass is 342 g/mol. The number of aliphatic hydroxyl groups excluding tert-OH is 1. The largest absolute Gasteiger partial charge is 0.417 e. The van der Waals surface area contributed by atoms with E-state index in [0.29, 0.717) is 13.0 Å². The second kappa shape index (κ2) is 6.72. The third kappa shape index (κ3) is 3.57. The third-order valence-corrected chi connectivity index (χ3v) is 4.94. The Bertz CT molecular complexity index is 606. The fraction of sp³-hybridized carbons (Fsp3) is 0.588. The Morgan fingerprint density at radius 2 is 1.96 bits per heavy atom. The van der Waals surface area contributed by atoms with Crippen LogP contribution in [-0.4, -0.2) is 47.2 Å². The maximum atomic E-state index is 13.1. The van der Waals surface area contributed by atoms with E-state index in [1.54, 1.807) is 0 Å². The standard InChI is InChI=1S/C17H21F3N2O2/c18-17(19,20)13-5-2-1-4-12(13)16(24)21-14-6-3-7-15(14)22-9-8-11(23)10-22/h1-2,4-5,11,14-15,23H,3,6-10H2,(H,21,24)/t11?,14-,15+/m1/s1. The summed E-state index contributed by atoms with van der Waals surface area (Å²) in [4.78, 5) is 14.6. The zero-order valence-electron chi connectivity index (χ0n) is 13.2. The van der Waals surface area contributed by atoms with Crippen LogP contribution in [0.1, 0.15) is 41.6 Å². The van der Waals surface area contributed by atoms with E-state index in [4.69, 9.17) is 0 Å². The van der Waals surface area contributed by atoms with E-state index in [2.05, 4.69) is 10.2 Å². The van der Waals surface area contributed by atoms with Crippen LogP contribution < -0.4 is 5.32 Å². The van der Waals surface area contributed by atoms with Crippen LogP contribution in [0.15, 0.2) is 24.3 Å². The maximum Gasteiger partial charge on any atom is 0.417 e. The summed E-state index contributed by atoms with van der Waals surface area (Å²) in [5, 5.41) is 12.5. The van der Waals surface area contributed by atoms with Crippen LogP contribution in [0.2, 0.25) is 0 Å². The van der Waals surface area contributed by atoms with Gasteiger partial charge in [0.1, 0.15) is 0 Å². The fourth-order valence-corrected chi connectivity index (χ4v) is 3.79. The van der Waals surface area contributed by atoms with Crippen molar-refractivity contribution in [2.75, 3.05) is 13.1 Å². The van der Waals surface area contributed by atoms with Crippen molar-refractivity contribution in [1.29, 1.82) is 0 Å². The molecule has 24 heavy (non-hydrogen) atoms. The molecule has 1 saturated carbocycles. The van der Waals surface area contributed by atoms with Crippen LogP contribution in [0, 0.1) is 0 Å². The van der Waals surface area contributed by atoms with Gasteiger partial charge in [-0.15, -0.1) is 0 Å². The molecule has 2 fully saturated rings. The number of likely N-dealkylation sites (tertiary alicyclic amines) is 1. The Hall–Kier alpha value is -1.60. The zero-order chi connectivity index (χ0) is 17.3. The molecule has 1 aliphatic heterocycles. The lowest BCUT2D eigenvalue weighted by Gasteiger charge is -2.30. The first-order chi connectivity index (χ1) is 11.4. The van der Waals surface area contributed by atoms with Gasteiger partial charge >= 0.3 is 6.18 Å². The average Bonchev–Trinajstić information content (AvgIpc) is 3.15. The van der Waals surface area contributed by atoms with Crippen LogP contribution in [0.5, 0.6) is 0 Å². The number of rotatable bonds is 3. The van der Waals surface area contributed by atoms with E-state index < -0.39 is 17.6 Å². The zero-order valence-corrected chi connectivity index (χ0v) is 13.2. The minimum Gasteiger partial charge on any atom is -0.392 e. The van der Waals surface area contributed by atoms with Gasteiger partial charge in [-0.3, -0.25) is 9.69 Å². The van der Waals surface area contributed by atoms with Crippen molar-refractivity contribution in [1.82, 2.24) is 10.2 Å². The van der Waals surface area contributed by atoms with E-state index in [-0.39, 0.29) is 23.8 Å². The molecule has 0 radical (unpaired) electrons. The van der Waals surface area contributed by atoms with E-state index in [0.717, 1.165) is 31.9 Å². The van der Waals surface area contributed by atoms with Gasteiger partial charge in [0.25, 0.3) is 5.91 Å². The van der Waals surface area contributed by atoms with Crippen molar-refractivity contribution in [3.8, 4) is 0 Å². The highest BCUT2D eigenvalue weighted by molar-refractivity contribution is 5.96. The van der Waals surface area contributed by atoms with Gasteiger partial charge in [-0.2, -0.15) is 13.2 Å². The summed E-state index contributed by atoms with van der Waals surface area (Å²) in [7, 11) is 0. The number of β-amino-alcohol motifs (C(OH)–C–C–N with tert-alkyl or cyclic N) is 1. The number of halogens is 3. The van der Waals surface area contributed by atoms with Crippen LogP contribution in [0.3, 0.4) is 0 Å². The Labute approximate surface area is 138 Å². The highest BCUT2D eigenvalue weighted by atomic mass is 19.4. The lowest BCUT2D eigenvalue weighted by Crippen LogP contribution is -2.48. The first-order valence-corrected chi connectivity index (χ1v) is 8.25. The minimum absolute atomic E-state index is 0.0872. The molecule has 0 spiro atoms. The summed E-state index contributed by atoms with van der Waals surface area (Å²) in [6.07, 6.45) is -1.65. The Morgan fingerprint density at radius 3 is 2.62 bits per heavy atom. The number of alkyl halides is 3. The van der Waals surface area contributed by atoms with Crippen molar-refractivity contribution in [3.05, 3.63) is 35.4 Å². The summed E-state index contributed by atoms with van der Waals surface area (Å²) in [5.74, 6) is -0.681. The first-order valence-electron chi connectivity index (χ1n) is 8.25. The molecule has 2 N–H and O–H groups in total. The number of benzene rings is 1. The summed E-state index contributed by atoms with van der Waals surface area (Å²) in [6.45, 7) is 1.33. The number of nitrogens with zero attached hydrogens (tertiary/aromatic N) is 1. The van der Waals surface area contributed by atoms with E-state index in [1.165, 1.54) is 18.2 Å². The number of aliphatic hydroxyl groups is 1. The van der Waals surface area contributed by atoms with Crippen molar-refractivity contribution in [2.45, 2.75) is 50.0 Å². The van der Waals surface area contributed by atoms with Crippen molar-refractivity contribution in [2.24, 2.45) is 0 Å². The smallest absolute Gasteiger partial charge is 0.392 e. The molecular formula is C17H21F3N2O2. The lowest BCUT2D eigenvalue weighted by molar-refractivity contribution is -0.137. The first kappa shape index (κ1) is 17.2. The molecule has 4 nitrogen and oxygen atoms in total. The fourth-order valence-electron chi connectivity index (χ4n) is 3.79. The van der Waals surface area contributed by atoms with Crippen LogP contribution in [0.25, 0.3) is 0 Å². The Kier molecular flexibility index (Phi) is 4.83. The number of carbonyl (C=O) groups excluding carboxylic acids is 1. The average molecular weight is 342 g/mol. The number of hydrogen-bond acceptors (Lipinski definition) is 3. The van der Waals surface area contributed by atoms with Crippen LogP contribution >= 0.6 is 0 Å². The van der Waals surface area contributed by atoms with Gasteiger partial charge in [0, 0.05) is 25.2 Å². The van der Waals surface area contributed by atoms with Gasteiger partial charge in [-0.05, 0) is 37.8 Å². The topological polar surface area (TPSA) is 52.6 Å². The highest BCUT2D eigenvalue weighted by Crippen LogP contribution is 2.32. The minimum atomic E-state index is -4.55. The quantitative estimate of drug-likeness (QED) is 0.887. The second-order valence-electron chi connectivity index (χ2n) is 6.56. The lowest BCUT2D eigenvalue weighted by atomic mass is 10.0. The molecule has 1 heterocycles. The van der Waals surface area contributed by atoms with E-state index in [1.807, 2.05) is 0 Å². The summed E-state index contributed by atoms with van der Waals surface area (Å²) in [5.41, 5.74) is -1.24. The number of carbonyl (C=O) groups is 1. The molecule has 1 saturated heterocycles. The van der Waals surface area contributed by atoms with Gasteiger partial charge in [0.2, 0.25) is 0 Å². The van der Waals surface area contributed by atoms with Gasteiger partial charge < -0.3 is 10.4 Å². The number of amides is 1. The summed E-state index contributed by atoms with van der Waals surface area (Å²) < 4.78 is 39.2. The van der Waals surface area contributed by atoms with Crippen molar-refractivity contribution < 1.29 is 23.1 Å². The molecule has 0 aromatic heterocycles. The van der Waals surface area contributed by atoms with Crippen LogP contribution in [-0.2, 0) is 6.18 Å². The molecule has 7 heteroatoms. The Balaban J connectivity index is 1.73. The molecule has 3 atom stereocenters. The summed E-state index contributed by atoms with van der Waals surface area (Å²) in [6, 6.07) is 4.77. The summed E-state index contributed by atoms with van der Waals surface area (Å²) >= 11 is 0. The molecule has 0 bridgehead atoms. The molecule has 1 aromatic rings. The van der Waals surface area contributed by atoms with E-state index >= 15 is 0 Å². The molecule has 1 aliphatic carbocycles. The van der Waals surface area contributed by atoms with Crippen molar-refractivity contribution >= 4 is 5.91 Å². The Morgan fingerprint density at radius 1 is 1.21 bits per heavy atom. The highest BCUT2D eigenvalue weighted by Gasteiger charge is 2.38. The molecule has 1 amide bonds. The van der Waals surface area contributed by atoms with Gasteiger partial charge in [-0.25, -0.2) is 0 Å². The van der Waals surface area contributed by atoms with Crippen LogP contribution in [0.4, 0.5) is 13.2 Å². The number of hydrogen-bond donors (Lipinski definition) is 2. The molecule has 1 aromatic carbocycles. The molecule has 132 valence electrons. The maximum absolute atomic E-state index is 13.1. The SMILES string of the molecule is O=C(N[C@@H]1CCC[C@@H]1N1CCC(O)C1)c1ccccc1C(F)(F)F. The molecule has 3 rings (SSSR count). The predicted molar refractivity (Wildman–Crippen MR) is 82.5 cm³/mol. The predicted octanol–water partition coefficient (Wildman–Crippen LogP) is 2.42. The second-order valence-corrected chi connectivity index (χ2v) is 6.56. The molecule has 2 aliphatic rings. The normalized spacial score (nSPS) is 28.2. The van der Waals surface area contributed by atoms with E-state index in [9.17, 15) is 23.1 Å². The van der Waals surface area contributed by atoms with Gasteiger partial charge in [-0.1, -0.05) is 12.1 Å². The third-order valence-electron chi connectivity index (χ3n) is 4.94. The number of nitrogens with one attached hydrogen (secondary N) is 1. The van der Waals surface area contributed by atoms with Gasteiger partial charge in [0.15, 0.2) is 0 Å². The van der Waals surface area contributed by atoms with Crippen molar-refractivity contribution in [3.63, 3.8) is 0 Å². The molecular weight excluding hydrogens is 321 g/mol. The molecule has 1 unspecified atom stereocenters.